The standard InChI is InChI=1S/C23H29N3O/c1-25(2)22(27)23(11-13-26(17-23)16-19-5-6-19)14-18-7-9-20(10-8-18)21-4-3-12-24-15-21/h3-4,7-10,12,15,19H,5-6,11,13-14,16-17H2,1-2H3. The molecule has 1 amide bonds. The average Bonchev–Trinajstić information content (AvgIpc) is 3.41. The van der Waals surface area contributed by atoms with Gasteiger partial charge in [0.2, 0.25) is 5.91 Å². The van der Waals surface area contributed by atoms with Crippen molar-refractivity contribution in [2.45, 2.75) is 25.7 Å². The largest absolute Gasteiger partial charge is 0.348 e. The third-order valence-electron chi connectivity index (χ3n) is 6.00. The van der Waals surface area contributed by atoms with Crippen LogP contribution in [0.25, 0.3) is 11.1 Å². The summed E-state index contributed by atoms with van der Waals surface area (Å²) in [5, 5.41) is 0. The summed E-state index contributed by atoms with van der Waals surface area (Å²) in [6, 6.07) is 12.7. The molecule has 0 radical (unpaired) electrons. The summed E-state index contributed by atoms with van der Waals surface area (Å²) in [5.41, 5.74) is 3.25. The molecule has 1 aromatic carbocycles. The Morgan fingerprint density at radius 3 is 2.59 bits per heavy atom. The van der Waals surface area contributed by atoms with Gasteiger partial charge in [0.05, 0.1) is 5.41 Å². The lowest BCUT2D eigenvalue weighted by atomic mass is 9.79. The molecular weight excluding hydrogens is 334 g/mol. The molecule has 1 atom stereocenters. The van der Waals surface area contributed by atoms with E-state index in [2.05, 4.69) is 40.2 Å². The van der Waals surface area contributed by atoms with Crippen molar-refractivity contribution in [3.63, 3.8) is 0 Å². The van der Waals surface area contributed by atoms with Crippen LogP contribution in [0.15, 0.2) is 48.8 Å². The fraction of sp³-hybridized carbons (Fsp3) is 0.478. The summed E-state index contributed by atoms with van der Waals surface area (Å²) in [4.78, 5) is 21.6. The molecular formula is C23H29N3O. The molecule has 2 aliphatic rings. The highest BCUT2D eigenvalue weighted by Crippen LogP contribution is 2.39. The van der Waals surface area contributed by atoms with Crippen LogP contribution in [0.3, 0.4) is 0 Å². The second-order valence-electron chi connectivity index (χ2n) is 8.52. The number of likely N-dealkylation sites (tertiary alicyclic amines) is 1. The third kappa shape index (κ3) is 4.06. The Balaban J connectivity index is 1.52. The molecule has 1 saturated carbocycles. The minimum Gasteiger partial charge on any atom is -0.348 e. The monoisotopic (exact) mass is 363 g/mol. The second kappa shape index (κ2) is 7.43. The number of nitrogens with zero attached hydrogens (tertiary/aromatic N) is 3. The quantitative estimate of drug-likeness (QED) is 0.788. The topological polar surface area (TPSA) is 36.4 Å². The van der Waals surface area contributed by atoms with E-state index in [1.165, 1.54) is 30.5 Å². The van der Waals surface area contributed by atoms with Gasteiger partial charge >= 0.3 is 0 Å². The maximum atomic E-state index is 13.1. The molecule has 0 N–H and O–H groups in total. The van der Waals surface area contributed by atoms with E-state index < -0.39 is 0 Å². The molecule has 0 bridgehead atoms. The third-order valence-corrected chi connectivity index (χ3v) is 6.00. The number of benzene rings is 1. The maximum Gasteiger partial charge on any atom is 0.229 e. The summed E-state index contributed by atoms with van der Waals surface area (Å²) in [6.45, 7) is 3.11. The molecule has 0 spiro atoms. The van der Waals surface area contributed by atoms with Crippen molar-refractivity contribution in [3.8, 4) is 11.1 Å². The van der Waals surface area contributed by atoms with Crippen molar-refractivity contribution in [3.05, 3.63) is 54.4 Å². The smallest absolute Gasteiger partial charge is 0.229 e. The summed E-state index contributed by atoms with van der Waals surface area (Å²) < 4.78 is 0. The predicted octanol–water partition coefficient (Wildman–Crippen LogP) is 3.48. The Labute approximate surface area is 162 Å². The van der Waals surface area contributed by atoms with Gasteiger partial charge in [-0.1, -0.05) is 30.3 Å². The van der Waals surface area contributed by atoms with Crippen molar-refractivity contribution in [1.29, 1.82) is 0 Å². The number of carbonyl (C=O) groups excluding carboxylic acids is 1. The molecule has 4 heteroatoms. The predicted molar refractivity (Wildman–Crippen MR) is 108 cm³/mol. The van der Waals surface area contributed by atoms with Gasteiger partial charge in [0, 0.05) is 39.6 Å². The first-order chi connectivity index (χ1) is 13.1. The summed E-state index contributed by atoms with van der Waals surface area (Å²) in [6.07, 6.45) is 8.18. The Bertz CT molecular complexity index is 783. The fourth-order valence-electron chi connectivity index (χ4n) is 4.39. The van der Waals surface area contributed by atoms with Crippen molar-refractivity contribution in [1.82, 2.24) is 14.8 Å². The van der Waals surface area contributed by atoms with Gasteiger partial charge in [0.15, 0.2) is 0 Å². The number of pyridine rings is 1. The van der Waals surface area contributed by atoms with E-state index in [4.69, 9.17) is 0 Å². The zero-order valence-electron chi connectivity index (χ0n) is 16.4. The Morgan fingerprint density at radius 1 is 1.19 bits per heavy atom. The molecule has 27 heavy (non-hydrogen) atoms. The molecule has 2 fully saturated rings. The number of amides is 1. The first-order valence-electron chi connectivity index (χ1n) is 9.99. The molecule has 1 saturated heterocycles. The molecule has 1 aliphatic heterocycles. The summed E-state index contributed by atoms with van der Waals surface area (Å²) >= 11 is 0. The Kier molecular flexibility index (Phi) is 5.00. The number of carbonyl (C=O) groups is 1. The van der Waals surface area contributed by atoms with Gasteiger partial charge in [-0.25, -0.2) is 0 Å². The molecule has 4 nitrogen and oxygen atoms in total. The first kappa shape index (κ1) is 18.2. The lowest BCUT2D eigenvalue weighted by Gasteiger charge is -2.31. The highest BCUT2D eigenvalue weighted by atomic mass is 16.2. The Morgan fingerprint density at radius 2 is 1.96 bits per heavy atom. The van der Waals surface area contributed by atoms with E-state index in [0.717, 1.165) is 37.4 Å². The van der Waals surface area contributed by atoms with Crippen molar-refractivity contribution < 1.29 is 4.79 Å². The van der Waals surface area contributed by atoms with Gasteiger partial charge in [0.25, 0.3) is 0 Å². The van der Waals surface area contributed by atoms with Crippen molar-refractivity contribution >= 4 is 5.91 Å². The molecule has 1 unspecified atom stereocenters. The van der Waals surface area contributed by atoms with Gasteiger partial charge < -0.3 is 9.80 Å². The molecule has 142 valence electrons. The normalized spacial score (nSPS) is 22.7. The summed E-state index contributed by atoms with van der Waals surface area (Å²) in [7, 11) is 3.78. The van der Waals surface area contributed by atoms with Crippen LogP contribution in [0.4, 0.5) is 0 Å². The number of rotatable bonds is 6. The second-order valence-corrected chi connectivity index (χ2v) is 8.52. The lowest BCUT2D eigenvalue weighted by Crippen LogP contribution is -2.44. The van der Waals surface area contributed by atoms with Crippen LogP contribution >= 0.6 is 0 Å². The molecule has 1 aromatic heterocycles. The van der Waals surface area contributed by atoms with Gasteiger partial charge in [-0.15, -0.1) is 0 Å². The minimum atomic E-state index is -0.284. The first-order valence-corrected chi connectivity index (χ1v) is 9.99. The fourth-order valence-corrected chi connectivity index (χ4v) is 4.39. The van der Waals surface area contributed by atoms with E-state index in [1.54, 1.807) is 11.1 Å². The van der Waals surface area contributed by atoms with Crippen LogP contribution in [0.1, 0.15) is 24.8 Å². The van der Waals surface area contributed by atoms with Crippen LogP contribution in [0.5, 0.6) is 0 Å². The van der Waals surface area contributed by atoms with E-state index >= 15 is 0 Å². The zero-order chi connectivity index (χ0) is 18.9. The van der Waals surface area contributed by atoms with Crippen LogP contribution in [0, 0.1) is 11.3 Å². The van der Waals surface area contributed by atoms with Crippen LogP contribution in [-0.4, -0.2) is 54.4 Å². The summed E-state index contributed by atoms with van der Waals surface area (Å²) in [5.74, 6) is 1.14. The van der Waals surface area contributed by atoms with E-state index in [0.29, 0.717) is 0 Å². The minimum absolute atomic E-state index is 0.275. The highest BCUT2D eigenvalue weighted by Gasteiger charge is 2.46. The number of hydrogen-bond donors (Lipinski definition) is 0. The van der Waals surface area contributed by atoms with Crippen LogP contribution in [0.2, 0.25) is 0 Å². The van der Waals surface area contributed by atoms with Crippen molar-refractivity contribution in [2.24, 2.45) is 11.3 Å². The van der Waals surface area contributed by atoms with Gasteiger partial charge in [-0.05, 0) is 60.9 Å². The number of hydrogen-bond acceptors (Lipinski definition) is 3. The van der Waals surface area contributed by atoms with Gasteiger partial charge in [-0.3, -0.25) is 9.78 Å². The average molecular weight is 364 g/mol. The molecule has 2 aromatic rings. The SMILES string of the molecule is CN(C)C(=O)C1(Cc2ccc(-c3cccnc3)cc2)CCN(CC2CC2)C1. The zero-order valence-corrected chi connectivity index (χ0v) is 16.4. The lowest BCUT2D eigenvalue weighted by molar-refractivity contribution is -0.138. The highest BCUT2D eigenvalue weighted by molar-refractivity contribution is 5.83. The Hall–Kier alpha value is -2.20. The van der Waals surface area contributed by atoms with Crippen LogP contribution < -0.4 is 0 Å². The molecule has 4 rings (SSSR count). The van der Waals surface area contributed by atoms with E-state index in [9.17, 15) is 4.79 Å². The maximum absolute atomic E-state index is 13.1. The van der Waals surface area contributed by atoms with Gasteiger partial charge in [0.1, 0.15) is 0 Å². The van der Waals surface area contributed by atoms with E-state index in [1.807, 2.05) is 26.4 Å². The van der Waals surface area contributed by atoms with Crippen molar-refractivity contribution in [2.75, 3.05) is 33.7 Å². The van der Waals surface area contributed by atoms with E-state index in [-0.39, 0.29) is 11.3 Å². The molecule has 2 heterocycles. The molecule has 1 aliphatic carbocycles. The van der Waals surface area contributed by atoms with Crippen LogP contribution in [-0.2, 0) is 11.2 Å². The number of aromatic nitrogens is 1. The van der Waals surface area contributed by atoms with Gasteiger partial charge in [-0.2, -0.15) is 0 Å².